The highest BCUT2D eigenvalue weighted by Gasteiger charge is 2.32. The predicted molar refractivity (Wildman–Crippen MR) is 112 cm³/mol. The number of hydrogen-bond donors (Lipinski definition) is 0. The maximum Gasteiger partial charge on any atom is 0.225 e. The fourth-order valence-corrected chi connectivity index (χ4v) is 4.68. The summed E-state index contributed by atoms with van der Waals surface area (Å²) in [7, 11) is 0. The molecule has 1 aliphatic rings. The van der Waals surface area contributed by atoms with Gasteiger partial charge in [-0.1, -0.05) is 30.3 Å². The number of furan rings is 1. The van der Waals surface area contributed by atoms with Gasteiger partial charge in [0.15, 0.2) is 0 Å². The number of nitrogens with zero attached hydrogens (tertiary/aromatic N) is 2. The van der Waals surface area contributed by atoms with Gasteiger partial charge in [0.05, 0.1) is 31.8 Å². The van der Waals surface area contributed by atoms with E-state index in [4.69, 9.17) is 4.42 Å². The molecule has 1 atom stereocenters. The lowest BCUT2D eigenvalue weighted by Gasteiger charge is -2.37. The van der Waals surface area contributed by atoms with Crippen LogP contribution in [-0.2, 0) is 29.1 Å². The van der Waals surface area contributed by atoms with Gasteiger partial charge >= 0.3 is 0 Å². The zero-order valence-electron chi connectivity index (χ0n) is 16.4. The average molecular weight is 409 g/mol. The second kappa shape index (κ2) is 8.66. The zero-order chi connectivity index (χ0) is 20.2. The molecule has 0 radical (unpaired) electrons. The molecule has 2 amide bonds. The van der Waals surface area contributed by atoms with Crippen LogP contribution in [0.5, 0.6) is 0 Å². The van der Waals surface area contributed by atoms with Crippen molar-refractivity contribution in [2.24, 2.45) is 0 Å². The van der Waals surface area contributed by atoms with E-state index in [1.54, 1.807) is 24.5 Å². The molecule has 3 aromatic rings. The van der Waals surface area contributed by atoms with Gasteiger partial charge in [-0.2, -0.15) is 0 Å². The van der Waals surface area contributed by atoms with E-state index in [2.05, 4.69) is 6.07 Å². The highest BCUT2D eigenvalue weighted by Crippen LogP contribution is 2.33. The minimum atomic E-state index is -0.229. The molecule has 0 spiro atoms. The maximum absolute atomic E-state index is 13.4. The quantitative estimate of drug-likeness (QED) is 0.607. The summed E-state index contributed by atoms with van der Waals surface area (Å²) in [6.45, 7) is 3.18. The van der Waals surface area contributed by atoms with E-state index in [-0.39, 0.29) is 24.3 Å². The number of thiophene rings is 1. The van der Waals surface area contributed by atoms with Crippen LogP contribution in [0.15, 0.2) is 64.6 Å². The minimum Gasteiger partial charge on any atom is -0.467 e. The molecule has 1 aromatic carbocycles. The zero-order valence-corrected chi connectivity index (χ0v) is 17.2. The number of carbonyl (C=O) groups excluding carboxylic acids is 2. The molecule has 6 heteroatoms. The molecule has 0 saturated carbocycles. The van der Waals surface area contributed by atoms with E-state index in [1.165, 1.54) is 5.56 Å². The third-order valence-electron chi connectivity index (χ3n) is 5.39. The molecular formula is C23H24N2O3S. The predicted octanol–water partition coefficient (Wildman–Crippen LogP) is 4.41. The van der Waals surface area contributed by atoms with Gasteiger partial charge in [-0.3, -0.25) is 9.59 Å². The number of carbonyl (C=O) groups is 2. The van der Waals surface area contributed by atoms with Crippen molar-refractivity contribution in [2.45, 2.75) is 38.9 Å². The molecule has 0 bridgehead atoms. The van der Waals surface area contributed by atoms with Crippen molar-refractivity contribution in [3.63, 3.8) is 0 Å². The standard InChI is InChI=1S/C23H24N2O3S/c1-17(26)25-11-10-18-6-2-3-9-21(18)22(25)14-23(27)24(15-19-7-4-12-28-19)16-20-8-5-13-29-20/h2-9,12-13,22H,10-11,14-16H2,1H3. The number of amides is 2. The van der Waals surface area contributed by atoms with E-state index < -0.39 is 0 Å². The third-order valence-corrected chi connectivity index (χ3v) is 6.25. The lowest BCUT2D eigenvalue weighted by atomic mass is 9.90. The molecule has 4 rings (SSSR count). The van der Waals surface area contributed by atoms with Crippen LogP contribution in [0.2, 0.25) is 0 Å². The van der Waals surface area contributed by atoms with E-state index >= 15 is 0 Å². The number of benzene rings is 1. The van der Waals surface area contributed by atoms with Gasteiger partial charge in [0.2, 0.25) is 11.8 Å². The molecule has 150 valence electrons. The van der Waals surface area contributed by atoms with Crippen LogP contribution in [0, 0.1) is 0 Å². The van der Waals surface area contributed by atoms with Crippen LogP contribution in [0.25, 0.3) is 0 Å². The Morgan fingerprint density at radius 2 is 2.00 bits per heavy atom. The van der Waals surface area contributed by atoms with Gasteiger partial charge in [-0.25, -0.2) is 0 Å². The molecule has 0 aliphatic carbocycles. The Labute approximate surface area is 174 Å². The molecule has 1 unspecified atom stereocenters. The minimum absolute atomic E-state index is 0.00754. The van der Waals surface area contributed by atoms with E-state index in [1.807, 2.05) is 57.6 Å². The highest BCUT2D eigenvalue weighted by molar-refractivity contribution is 7.09. The molecule has 0 N–H and O–H groups in total. The fourth-order valence-electron chi connectivity index (χ4n) is 3.96. The molecule has 0 saturated heterocycles. The molecule has 2 aromatic heterocycles. The van der Waals surface area contributed by atoms with Crippen LogP contribution in [0.4, 0.5) is 0 Å². The van der Waals surface area contributed by atoms with Gasteiger partial charge in [0, 0.05) is 18.3 Å². The normalized spacial score (nSPS) is 15.8. The van der Waals surface area contributed by atoms with Gasteiger partial charge in [0.1, 0.15) is 5.76 Å². The van der Waals surface area contributed by atoms with Crippen LogP contribution in [-0.4, -0.2) is 28.2 Å². The molecule has 3 heterocycles. The van der Waals surface area contributed by atoms with Crippen molar-refractivity contribution >= 4 is 23.2 Å². The first kappa shape index (κ1) is 19.5. The summed E-state index contributed by atoms with van der Waals surface area (Å²) >= 11 is 1.63. The summed E-state index contributed by atoms with van der Waals surface area (Å²) in [5, 5.41) is 2.01. The van der Waals surface area contributed by atoms with E-state index in [0.29, 0.717) is 19.6 Å². The Morgan fingerprint density at radius 1 is 1.14 bits per heavy atom. The summed E-state index contributed by atoms with van der Waals surface area (Å²) in [4.78, 5) is 30.4. The Hall–Kier alpha value is -2.86. The van der Waals surface area contributed by atoms with Gasteiger partial charge in [0.25, 0.3) is 0 Å². The second-order valence-electron chi connectivity index (χ2n) is 7.29. The lowest BCUT2D eigenvalue weighted by Crippen LogP contribution is -2.41. The second-order valence-corrected chi connectivity index (χ2v) is 8.32. The molecule has 5 nitrogen and oxygen atoms in total. The van der Waals surface area contributed by atoms with Crippen molar-refractivity contribution in [3.05, 3.63) is 81.9 Å². The first-order chi connectivity index (χ1) is 14.1. The number of hydrogen-bond acceptors (Lipinski definition) is 4. The SMILES string of the molecule is CC(=O)N1CCc2ccccc2C1CC(=O)N(Cc1ccco1)Cc1cccs1. The average Bonchev–Trinajstić information content (AvgIpc) is 3.41. The van der Waals surface area contributed by atoms with Crippen molar-refractivity contribution in [2.75, 3.05) is 6.54 Å². The highest BCUT2D eigenvalue weighted by atomic mass is 32.1. The third kappa shape index (κ3) is 4.43. The molecule has 0 fully saturated rings. The van der Waals surface area contributed by atoms with Crippen LogP contribution in [0.1, 0.15) is 41.2 Å². The smallest absolute Gasteiger partial charge is 0.225 e. The van der Waals surface area contributed by atoms with Crippen LogP contribution >= 0.6 is 11.3 Å². The Morgan fingerprint density at radius 3 is 2.72 bits per heavy atom. The van der Waals surface area contributed by atoms with Crippen LogP contribution < -0.4 is 0 Å². The molecular weight excluding hydrogens is 384 g/mol. The number of fused-ring (bicyclic) bond motifs is 1. The summed E-state index contributed by atoms with van der Waals surface area (Å²) in [6.07, 6.45) is 2.71. The molecule has 29 heavy (non-hydrogen) atoms. The largest absolute Gasteiger partial charge is 0.467 e. The van der Waals surface area contributed by atoms with E-state index in [9.17, 15) is 9.59 Å². The first-order valence-corrected chi connectivity index (χ1v) is 10.7. The van der Waals surface area contributed by atoms with Crippen molar-refractivity contribution < 1.29 is 14.0 Å². The Kier molecular flexibility index (Phi) is 5.81. The Balaban J connectivity index is 1.58. The van der Waals surface area contributed by atoms with Gasteiger partial charge < -0.3 is 14.2 Å². The summed E-state index contributed by atoms with van der Waals surface area (Å²) < 4.78 is 5.48. The van der Waals surface area contributed by atoms with Crippen molar-refractivity contribution in [3.8, 4) is 0 Å². The van der Waals surface area contributed by atoms with Gasteiger partial charge in [-0.15, -0.1) is 11.3 Å². The van der Waals surface area contributed by atoms with Crippen LogP contribution in [0.3, 0.4) is 0 Å². The van der Waals surface area contributed by atoms with Gasteiger partial charge in [-0.05, 0) is 41.1 Å². The summed E-state index contributed by atoms with van der Waals surface area (Å²) in [5.74, 6) is 0.776. The Bertz CT molecular complexity index is 930. The van der Waals surface area contributed by atoms with Crippen molar-refractivity contribution in [1.82, 2.24) is 9.80 Å². The maximum atomic E-state index is 13.4. The van der Waals surface area contributed by atoms with E-state index in [0.717, 1.165) is 22.6 Å². The summed E-state index contributed by atoms with van der Waals surface area (Å²) in [6, 6.07) is 15.6. The van der Waals surface area contributed by atoms with Crippen molar-refractivity contribution in [1.29, 1.82) is 0 Å². The summed E-state index contributed by atoms with van der Waals surface area (Å²) in [5.41, 5.74) is 2.30. The molecule has 1 aliphatic heterocycles. The number of rotatable bonds is 6. The fraction of sp³-hybridized carbons (Fsp3) is 0.304. The first-order valence-electron chi connectivity index (χ1n) is 9.79. The monoisotopic (exact) mass is 408 g/mol. The lowest BCUT2D eigenvalue weighted by molar-refractivity contribution is -0.137. The topological polar surface area (TPSA) is 53.8 Å².